The quantitative estimate of drug-likeness (QED) is 0.538. The topological polar surface area (TPSA) is 66.5 Å². The summed E-state index contributed by atoms with van der Waals surface area (Å²) in [6.07, 6.45) is 3.85. The molecule has 0 atom stereocenters. The minimum Gasteiger partial charge on any atom is -0.326 e. The zero-order valence-electron chi connectivity index (χ0n) is 17.6. The molecule has 0 spiro atoms. The third kappa shape index (κ3) is 4.55. The van der Waals surface area contributed by atoms with Crippen molar-refractivity contribution in [1.82, 2.24) is 0 Å². The van der Waals surface area contributed by atoms with Gasteiger partial charge in [-0.25, -0.2) is 8.42 Å². The Hall–Kier alpha value is -2.57. The standard InChI is InChI=1S/C24H25ClN2O3S/c1-16-8-12-19(25)15-22(16)27(31(2,29)30)14-4-7-23(28)26-21-13-11-18-10-9-17-5-3-6-20(21)24(17)18/h3,5-6,8,11-13,15H,4,7,9-10,14H2,1-2H3,(H,26,28). The van der Waals surface area contributed by atoms with E-state index in [1.165, 1.54) is 27.1 Å². The predicted octanol–water partition coefficient (Wildman–Crippen LogP) is 5.09. The smallest absolute Gasteiger partial charge is 0.232 e. The fraction of sp³-hybridized carbons (Fsp3) is 0.292. The maximum Gasteiger partial charge on any atom is 0.232 e. The summed E-state index contributed by atoms with van der Waals surface area (Å²) >= 11 is 6.07. The Morgan fingerprint density at radius 3 is 2.58 bits per heavy atom. The van der Waals surface area contributed by atoms with Gasteiger partial charge in [0.15, 0.2) is 0 Å². The van der Waals surface area contributed by atoms with E-state index in [1.807, 2.05) is 25.1 Å². The van der Waals surface area contributed by atoms with E-state index in [1.54, 1.807) is 18.2 Å². The van der Waals surface area contributed by atoms with Crippen molar-refractivity contribution in [3.8, 4) is 0 Å². The monoisotopic (exact) mass is 456 g/mol. The number of nitrogens with zero attached hydrogens (tertiary/aromatic N) is 1. The molecule has 162 valence electrons. The van der Waals surface area contributed by atoms with Gasteiger partial charge in [0.05, 0.1) is 11.9 Å². The summed E-state index contributed by atoms with van der Waals surface area (Å²) in [4.78, 5) is 12.6. The minimum atomic E-state index is -3.50. The summed E-state index contributed by atoms with van der Waals surface area (Å²) in [7, 11) is -3.50. The number of carbonyl (C=O) groups excluding carboxylic acids is 1. The lowest BCUT2D eigenvalue weighted by Gasteiger charge is -2.24. The van der Waals surface area contributed by atoms with Crippen molar-refractivity contribution in [3.63, 3.8) is 0 Å². The fourth-order valence-corrected chi connectivity index (χ4v) is 5.45. The number of nitrogens with one attached hydrogen (secondary N) is 1. The highest BCUT2D eigenvalue weighted by Gasteiger charge is 2.20. The maximum absolute atomic E-state index is 12.6. The molecule has 1 amide bonds. The Balaban J connectivity index is 1.45. The molecule has 5 nitrogen and oxygen atoms in total. The first-order chi connectivity index (χ1) is 14.7. The summed E-state index contributed by atoms with van der Waals surface area (Å²) in [6, 6.07) is 15.4. The molecule has 0 aromatic heterocycles. The zero-order chi connectivity index (χ0) is 22.2. The van der Waals surface area contributed by atoms with Crippen LogP contribution in [0.4, 0.5) is 11.4 Å². The van der Waals surface area contributed by atoms with Crippen molar-refractivity contribution < 1.29 is 13.2 Å². The van der Waals surface area contributed by atoms with Crippen molar-refractivity contribution >= 4 is 49.7 Å². The Bertz CT molecular complexity index is 1260. The van der Waals surface area contributed by atoms with Crippen LogP contribution >= 0.6 is 11.6 Å². The van der Waals surface area contributed by atoms with E-state index >= 15 is 0 Å². The van der Waals surface area contributed by atoms with Gasteiger partial charge in [-0.3, -0.25) is 9.10 Å². The molecule has 0 aliphatic heterocycles. The highest BCUT2D eigenvalue weighted by molar-refractivity contribution is 7.92. The molecule has 3 aromatic carbocycles. The van der Waals surface area contributed by atoms with Crippen molar-refractivity contribution in [3.05, 3.63) is 70.2 Å². The van der Waals surface area contributed by atoms with E-state index in [-0.39, 0.29) is 18.9 Å². The highest BCUT2D eigenvalue weighted by Crippen LogP contribution is 2.35. The summed E-state index contributed by atoms with van der Waals surface area (Å²) in [6.45, 7) is 2.05. The van der Waals surface area contributed by atoms with E-state index in [0.717, 1.165) is 29.5 Å². The van der Waals surface area contributed by atoms with Crippen LogP contribution in [0.25, 0.3) is 10.8 Å². The van der Waals surface area contributed by atoms with Gasteiger partial charge in [-0.15, -0.1) is 0 Å². The van der Waals surface area contributed by atoms with Crippen LogP contribution in [0.15, 0.2) is 48.5 Å². The maximum atomic E-state index is 12.6. The number of carbonyl (C=O) groups is 1. The molecule has 0 bridgehead atoms. The average molecular weight is 457 g/mol. The van der Waals surface area contributed by atoms with E-state index in [2.05, 4.69) is 17.4 Å². The number of hydrogen-bond donors (Lipinski definition) is 1. The zero-order valence-corrected chi connectivity index (χ0v) is 19.2. The van der Waals surface area contributed by atoms with Crippen LogP contribution < -0.4 is 9.62 Å². The van der Waals surface area contributed by atoms with Crippen LogP contribution in [0.5, 0.6) is 0 Å². The second kappa shape index (κ2) is 8.52. The number of rotatable bonds is 7. The molecule has 0 saturated heterocycles. The number of benzene rings is 3. The van der Waals surface area contributed by atoms with Gasteiger partial charge < -0.3 is 5.32 Å². The Labute approximate surface area is 188 Å². The van der Waals surface area contributed by atoms with Crippen LogP contribution in [-0.4, -0.2) is 27.1 Å². The minimum absolute atomic E-state index is 0.130. The average Bonchev–Trinajstić information content (AvgIpc) is 3.13. The second-order valence-electron chi connectivity index (χ2n) is 8.03. The van der Waals surface area contributed by atoms with Gasteiger partial charge in [0.25, 0.3) is 0 Å². The molecule has 0 heterocycles. The van der Waals surface area contributed by atoms with Crippen molar-refractivity contribution in [1.29, 1.82) is 0 Å². The van der Waals surface area contributed by atoms with Crippen LogP contribution in [0.3, 0.4) is 0 Å². The summed E-state index contributed by atoms with van der Waals surface area (Å²) < 4.78 is 26.0. The lowest BCUT2D eigenvalue weighted by Crippen LogP contribution is -2.32. The van der Waals surface area contributed by atoms with Crippen LogP contribution in [-0.2, 0) is 27.7 Å². The normalized spacial score (nSPS) is 12.9. The van der Waals surface area contributed by atoms with E-state index < -0.39 is 10.0 Å². The first-order valence-electron chi connectivity index (χ1n) is 10.3. The Morgan fingerprint density at radius 2 is 1.84 bits per heavy atom. The number of anilines is 2. The second-order valence-corrected chi connectivity index (χ2v) is 10.4. The lowest BCUT2D eigenvalue weighted by atomic mass is 10.0. The van der Waals surface area contributed by atoms with Gasteiger partial charge in [0, 0.05) is 29.1 Å². The van der Waals surface area contributed by atoms with Gasteiger partial charge in [0.2, 0.25) is 15.9 Å². The molecule has 0 radical (unpaired) electrons. The van der Waals surface area contributed by atoms with Gasteiger partial charge in [-0.1, -0.05) is 41.9 Å². The summed E-state index contributed by atoms with van der Waals surface area (Å²) in [5.74, 6) is -0.130. The van der Waals surface area contributed by atoms with Crippen LogP contribution in [0.1, 0.15) is 29.5 Å². The lowest BCUT2D eigenvalue weighted by molar-refractivity contribution is -0.116. The third-order valence-electron chi connectivity index (χ3n) is 5.76. The number of aryl methyl sites for hydroxylation is 3. The number of halogens is 1. The van der Waals surface area contributed by atoms with E-state index in [9.17, 15) is 13.2 Å². The van der Waals surface area contributed by atoms with Gasteiger partial charge >= 0.3 is 0 Å². The fourth-order valence-electron chi connectivity index (χ4n) is 4.27. The molecule has 0 fully saturated rings. The molecule has 0 saturated carbocycles. The van der Waals surface area contributed by atoms with Gasteiger partial charge in [0.1, 0.15) is 0 Å². The molecule has 7 heteroatoms. The van der Waals surface area contributed by atoms with Crippen molar-refractivity contribution in [2.45, 2.75) is 32.6 Å². The Kier molecular flexibility index (Phi) is 5.95. The van der Waals surface area contributed by atoms with Crippen molar-refractivity contribution in [2.75, 3.05) is 22.4 Å². The molecule has 1 N–H and O–H groups in total. The molecular formula is C24H25ClN2O3S. The Morgan fingerprint density at radius 1 is 1.10 bits per heavy atom. The molecule has 31 heavy (non-hydrogen) atoms. The van der Waals surface area contributed by atoms with E-state index in [4.69, 9.17) is 11.6 Å². The number of amides is 1. The highest BCUT2D eigenvalue weighted by atomic mass is 35.5. The molecule has 0 unspecified atom stereocenters. The predicted molar refractivity (Wildman–Crippen MR) is 128 cm³/mol. The van der Waals surface area contributed by atoms with Gasteiger partial charge in [-0.2, -0.15) is 0 Å². The largest absolute Gasteiger partial charge is 0.326 e. The van der Waals surface area contributed by atoms with Gasteiger partial charge in [-0.05, 0) is 66.5 Å². The summed E-state index contributed by atoms with van der Waals surface area (Å²) in [5, 5.41) is 5.80. The molecule has 4 rings (SSSR count). The van der Waals surface area contributed by atoms with Crippen molar-refractivity contribution in [2.24, 2.45) is 0 Å². The van der Waals surface area contributed by atoms with Crippen LogP contribution in [0, 0.1) is 6.92 Å². The molecule has 3 aromatic rings. The first kappa shape index (κ1) is 21.7. The molecule has 1 aliphatic carbocycles. The third-order valence-corrected chi connectivity index (χ3v) is 7.17. The first-order valence-corrected chi connectivity index (χ1v) is 12.5. The molecular weight excluding hydrogens is 432 g/mol. The number of sulfonamides is 1. The van der Waals surface area contributed by atoms with Crippen LogP contribution in [0.2, 0.25) is 5.02 Å². The summed E-state index contributed by atoms with van der Waals surface area (Å²) in [5.41, 5.74) is 4.81. The van der Waals surface area contributed by atoms with E-state index in [0.29, 0.717) is 17.1 Å². The SMILES string of the molecule is Cc1ccc(Cl)cc1N(CCCC(=O)Nc1ccc2c3c(cccc13)CC2)S(C)(=O)=O. The number of hydrogen-bond acceptors (Lipinski definition) is 3. The molecule has 1 aliphatic rings.